The lowest BCUT2D eigenvalue weighted by Crippen LogP contribution is -2.08. The Morgan fingerprint density at radius 1 is 0.821 bits per heavy atom. The van der Waals surface area contributed by atoms with Crippen molar-refractivity contribution in [2.45, 2.75) is 6.61 Å². The highest BCUT2D eigenvalue weighted by Gasteiger charge is 2.10. The molecule has 0 unspecified atom stereocenters. The summed E-state index contributed by atoms with van der Waals surface area (Å²) in [6, 6.07) is 24.4. The number of carbonyl (C=O) groups is 1. The maximum atomic E-state index is 12.4. The van der Waals surface area contributed by atoms with E-state index < -0.39 is 11.6 Å². The van der Waals surface area contributed by atoms with E-state index >= 15 is 0 Å². The summed E-state index contributed by atoms with van der Waals surface area (Å²) in [7, 11) is 0. The van der Waals surface area contributed by atoms with Crippen molar-refractivity contribution in [1.29, 1.82) is 0 Å². The van der Waals surface area contributed by atoms with Gasteiger partial charge in [0.1, 0.15) is 23.7 Å². The van der Waals surface area contributed by atoms with Gasteiger partial charge in [0.15, 0.2) is 0 Å². The van der Waals surface area contributed by atoms with Crippen molar-refractivity contribution in [2.75, 3.05) is 0 Å². The van der Waals surface area contributed by atoms with Gasteiger partial charge in [0.25, 0.3) is 0 Å². The average Bonchev–Trinajstić information content (AvgIpc) is 2.73. The molecule has 28 heavy (non-hydrogen) atoms. The summed E-state index contributed by atoms with van der Waals surface area (Å²) in [6.45, 7) is 0.456. The molecule has 0 saturated carbocycles. The lowest BCUT2D eigenvalue weighted by Gasteiger charge is -2.08. The van der Waals surface area contributed by atoms with Crippen molar-refractivity contribution in [2.24, 2.45) is 0 Å². The summed E-state index contributed by atoms with van der Waals surface area (Å²) < 4.78 is 16.2. The van der Waals surface area contributed by atoms with Gasteiger partial charge in [-0.2, -0.15) is 0 Å². The molecule has 0 fully saturated rings. The summed E-state index contributed by atoms with van der Waals surface area (Å²) >= 11 is 0. The van der Waals surface area contributed by atoms with Crippen LogP contribution in [0.1, 0.15) is 15.9 Å². The van der Waals surface area contributed by atoms with Gasteiger partial charge in [0, 0.05) is 11.5 Å². The molecule has 0 aliphatic rings. The maximum Gasteiger partial charge on any atom is 0.343 e. The highest BCUT2D eigenvalue weighted by Crippen LogP contribution is 2.21. The smallest absolute Gasteiger partial charge is 0.343 e. The van der Waals surface area contributed by atoms with E-state index in [1.165, 1.54) is 6.07 Å². The van der Waals surface area contributed by atoms with E-state index in [1.54, 1.807) is 48.5 Å². The van der Waals surface area contributed by atoms with Gasteiger partial charge >= 0.3 is 11.6 Å². The molecule has 0 N–H and O–H groups in total. The zero-order valence-electron chi connectivity index (χ0n) is 14.8. The monoisotopic (exact) mass is 372 g/mol. The summed E-state index contributed by atoms with van der Waals surface area (Å²) in [4.78, 5) is 23.6. The largest absolute Gasteiger partial charge is 0.489 e. The molecule has 0 aliphatic heterocycles. The lowest BCUT2D eigenvalue weighted by molar-refractivity contribution is 0.0735. The number of hydrogen-bond acceptors (Lipinski definition) is 5. The zero-order chi connectivity index (χ0) is 19.3. The third-order valence-electron chi connectivity index (χ3n) is 4.14. The average molecular weight is 372 g/mol. The first-order valence-corrected chi connectivity index (χ1v) is 8.70. The molecule has 4 rings (SSSR count). The molecule has 0 amide bonds. The van der Waals surface area contributed by atoms with Crippen LogP contribution < -0.4 is 15.1 Å². The molecule has 5 heteroatoms. The Morgan fingerprint density at radius 3 is 2.36 bits per heavy atom. The van der Waals surface area contributed by atoms with Crippen LogP contribution in [-0.2, 0) is 6.61 Å². The second-order valence-electron chi connectivity index (χ2n) is 6.14. The van der Waals surface area contributed by atoms with Crippen LogP contribution in [0, 0.1) is 0 Å². The predicted molar refractivity (Wildman–Crippen MR) is 105 cm³/mol. The Hall–Kier alpha value is -3.86. The molecule has 1 heterocycles. The van der Waals surface area contributed by atoms with Crippen LogP contribution in [0.3, 0.4) is 0 Å². The van der Waals surface area contributed by atoms with E-state index in [-0.39, 0.29) is 0 Å². The first kappa shape index (κ1) is 17.5. The van der Waals surface area contributed by atoms with Crippen LogP contribution in [0.2, 0.25) is 0 Å². The third kappa shape index (κ3) is 4.10. The van der Waals surface area contributed by atoms with Gasteiger partial charge in [-0.1, -0.05) is 30.3 Å². The van der Waals surface area contributed by atoms with Crippen molar-refractivity contribution in [3.63, 3.8) is 0 Å². The molecule has 1 aromatic heterocycles. The second-order valence-corrected chi connectivity index (χ2v) is 6.14. The molecule has 0 radical (unpaired) electrons. The fraction of sp³-hybridized carbons (Fsp3) is 0.0435. The van der Waals surface area contributed by atoms with E-state index in [0.717, 1.165) is 5.56 Å². The fourth-order valence-electron chi connectivity index (χ4n) is 2.71. The molecule has 4 aromatic rings. The minimum absolute atomic E-state index is 0.371. The third-order valence-corrected chi connectivity index (χ3v) is 4.14. The van der Waals surface area contributed by atoms with E-state index in [2.05, 4.69) is 0 Å². The van der Waals surface area contributed by atoms with Crippen molar-refractivity contribution < 1.29 is 18.7 Å². The SMILES string of the molecule is O=C(Oc1ccc2oc(=O)ccc2c1)c1ccc(OCc2ccccc2)cc1. The van der Waals surface area contributed by atoms with E-state index in [4.69, 9.17) is 13.9 Å². The van der Waals surface area contributed by atoms with Crippen molar-refractivity contribution >= 4 is 16.9 Å². The lowest BCUT2D eigenvalue weighted by atomic mass is 10.2. The molecule has 3 aromatic carbocycles. The highest BCUT2D eigenvalue weighted by atomic mass is 16.5. The topological polar surface area (TPSA) is 65.7 Å². The molecular weight excluding hydrogens is 356 g/mol. The van der Waals surface area contributed by atoms with Gasteiger partial charge in [-0.05, 0) is 54.1 Å². The van der Waals surface area contributed by atoms with Gasteiger partial charge < -0.3 is 13.9 Å². The van der Waals surface area contributed by atoms with Crippen molar-refractivity contribution in [1.82, 2.24) is 0 Å². The standard InChI is InChI=1S/C23H16O5/c24-22-13-8-18-14-20(11-12-21(18)28-22)27-23(25)17-6-9-19(10-7-17)26-15-16-4-2-1-3-5-16/h1-14H,15H2. The van der Waals surface area contributed by atoms with Gasteiger partial charge in [0.05, 0.1) is 5.56 Å². The van der Waals surface area contributed by atoms with Crippen LogP contribution in [0.4, 0.5) is 0 Å². The number of carbonyl (C=O) groups excluding carboxylic acids is 1. The molecule has 0 spiro atoms. The summed E-state index contributed by atoms with van der Waals surface area (Å²) in [6.07, 6.45) is 0. The number of esters is 1. The summed E-state index contributed by atoms with van der Waals surface area (Å²) in [5, 5.41) is 0.676. The van der Waals surface area contributed by atoms with Gasteiger partial charge in [0.2, 0.25) is 0 Å². The fourth-order valence-corrected chi connectivity index (χ4v) is 2.71. The van der Waals surface area contributed by atoms with Crippen LogP contribution >= 0.6 is 0 Å². The van der Waals surface area contributed by atoms with Gasteiger partial charge in [-0.25, -0.2) is 9.59 Å². The summed E-state index contributed by atoms with van der Waals surface area (Å²) in [5.74, 6) is 0.559. The molecule has 0 saturated heterocycles. The Labute approximate surface area is 160 Å². The molecule has 138 valence electrons. The number of fused-ring (bicyclic) bond motifs is 1. The molecular formula is C23H16O5. The molecule has 0 bridgehead atoms. The van der Waals surface area contributed by atoms with Gasteiger partial charge in [-0.3, -0.25) is 0 Å². The molecule has 5 nitrogen and oxygen atoms in total. The Kier molecular flexibility index (Phi) is 4.89. The normalized spacial score (nSPS) is 10.6. The minimum Gasteiger partial charge on any atom is -0.489 e. The quantitative estimate of drug-likeness (QED) is 0.291. The van der Waals surface area contributed by atoms with E-state index in [0.29, 0.717) is 34.6 Å². The zero-order valence-corrected chi connectivity index (χ0v) is 14.8. The van der Waals surface area contributed by atoms with E-state index in [9.17, 15) is 9.59 Å². The van der Waals surface area contributed by atoms with Crippen LogP contribution in [-0.4, -0.2) is 5.97 Å². The Morgan fingerprint density at radius 2 is 1.57 bits per heavy atom. The predicted octanol–water partition coefficient (Wildman–Crippen LogP) is 4.59. The number of hydrogen-bond donors (Lipinski definition) is 0. The van der Waals surface area contributed by atoms with Crippen LogP contribution in [0.15, 0.2) is 94.1 Å². The number of rotatable bonds is 5. The maximum absolute atomic E-state index is 12.4. The second kappa shape index (κ2) is 7.80. The highest BCUT2D eigenvalue weighted by molar-refractivity contribution is 5.91. The van der Waals surface area contributed by atoms with E-state index in [1.807, 2.05) is 30.3 Å². The molecule has 0 aliphatic carbocycles. The first-order valence-electron chi connectivity index (χ1n) is 8.70. The van der Waals surface area contributed by atoms with Gasteiger partial charge in [-0.15, -0.1) is 0 Å². The van der Waals surface area contributed by atoms with Crippen molar-refractivity contribution in [3.05, 3.63) is 106 Å². The Balaban J connectivity index is 1.42. The number of benzene rings is 3. The van der Waals surface area contributed by atoms with Crippen LogP contribution in [0.5, 0.6) is 11.5 Å². The van der Waals surface area contributed by atoms with Crippen molar-refractivity contribution in [3.8, 4) is 11.5 Å². The first-order chi connectivity index (χ1) is 13.7. The minimum atomic E-state index is -0.480. The summed E-state index contributed by atoms with van der Waals surface area (Å²) in [5.41, 5.74) is 1.49. The molecule has 0 atom stereocenters. The number of ether oxygens (including phenoxy) is 2. The Bertz CT molecular complexity index is 1160. The van der Waals surface area contributed by atoms with Crippen LogP contribution in [0.25, 0.3) is 11.0 Å².